The molecule has 1 unspecified atom stereocenters. The molecule has 10 N–H and O–H groups in total. The molecule has 0 bridgehead atoms. The number of imidazole rings is 1. The van der Waals surface area contributed by atoms with Gasteiger partial charge in [0.2, 0.25) is 0 Å². The number of aromatic nitrogens is 4. The molecule has 1 aliphatic heterocycles. The molecule has 1 amide bonds. The first-order valence-corrected chi connectivity index (χ1v) is 10.6. The fourth-order valence-electron chi connectivity index (χ4n) is 2.79. The summed E-state index contributed by atoms with van der Waals surface area (Å²) in [6.07, 6.45) is -1.80. The molecule has 27 heavy (non-hydrogen) atoms. The molecule has 2 aromatic heterocycles. The van der Waals surface area contributed by atoms with Gasteiger partial charge in [0, 0.05) is 0 Å². The van der Waals surface area contributed by atoms with E-state index in [2.05, 4.69) is 15.0 Å². The molecular formula is C14H22N8O4Se. The van der Waals surface area contributed by atoms with Crippen molar-refractivity contribution in [2.24, 2.45) is 11.5 Å². The van der Waals surface area contributed by atoms with Crippen molar-refractivity contribution in [1.82, 2.24) is 19.5 Å². The van der Waals surface area contributed by atoms with Gasteiger partial charge in [-0.25, -0.2) is 0 Å². The van der Waals surface area contributed by atoms with E-state index in [4.69, 9.17) is 27.7 Å². The molecule has 2 aromatic rings. The number of nitrogens with two attached hydrogens (primary N) is 4. The zero-order valence-electron chi connectivity index (χ0n) is 14.3. The number of amides is 1. The molecule has 3 rings (SSSR count). The van der Waals surface area contributed by atoms with Crippen LogP contribution in [0.25, 0.3) is 11.2 Å². The van der Waals surface area contributed by atoms with E-state index >= 15 is 0 Å². The number of nitrogen functional groups attached to an aromatic ring is 2. The first-order chi connectivity index (χ1) is 12.8. The Morgan fingerprint density at radius 1 is 1.33 bits per heavy atom. The normalized spacial score (nSPS) is 26.5. The number of nitrogens with zero attached hydrogens (tertiary/aromatic N) is 4. The van der Waals surface area contributed by atoms with Crippen molar-refractivity contribution in [3.8, 4) is 0 Å². The first kappa shape index (κ1) is 19.7. The second-order valence-corrected chi connectivity index (χ2v) is 8.62. The van der Waals surface area contributed by atoms with Crippen molar-refractivity contribution in [3.05, 3.63) is 6.33 Å². The third-order valence-electron chi connectivity index (χ3n) is 4.30. The zero-order chi connectivity index (χ0) is 19.7. The van der Waals surface area contributed by atoms with Crippen molar-refractivity contribution in [3.63, 3.8) is 0 Å². The van der Waals surface area contributed by atoms with Gasteiger partial charge in [-0.05, 0) is 0 Å². The molecule has 3 heterocycles. The molecule has 1 fully saturated rings. The average molecular weight is 445 g/mol. The Balaban J connectivity index is 1.68. The first-order valence-electron chi connectivity index (χ1n) is 8.19. The SMILES string of the molecule is NC(=O)C(N)CC[Se]C[C@H]1O[C@@H](n2cnc3c(N)nc(N)nc32)[C@H](O)[C@@H]1O. The second-order valence-electron chi connectivity index (χ2n) is 6.21. The number of aliphatic hydroxyl groups excluding tert-OH is 2. The van der Waals surface area contributed by atoms with Gasteiger partial charge in [0.05, 0.1) is 0 Å². The van der Waals surface area contributed by atoms with E-state index < -0.39 is 36.5 Å². The summed E-state index contributed by atoms with van der Waals surface area (Å²) >= 11 is 0.0569. The fraction of sp³-hybridized carbons (Fsp3) is 0.571. The zero-order valence-corrected chi connectivity index (χ0v) is 16.0. The molecule has 5 atom stereocenters. The Bertz CT molecular complexity index is 833. The summed E-state index contributed by atoms with van der Waals surface area (Å²) in [7, 11) is 0. The molecule has 1 saturated heterocycles. The van der Waals surface area contributed by atoms with Gasteiger partial charge in [-0.3, -0.25) is 0 Å². The Morgan fingerprint density at radius 2 is 2.07 bits per heavy atom. The monoisotopic (exact) mass is 446 g/mol. The van der Waals surface area contributed by atoms with Crippen molar-refractivity contribution in [2.75, 3.05) is 11.5 Å². The number of carbonyl (C=O) groups excluding carboxylic acids is 1. The Labute approximate surface area is 160 Å². The summed E-state index contributed by atoms with van der Waals surface area (Å²) in [5.74, 6) is -0.443. The maximum atomic E-state index is 10.9. The van der Waals surface area contributed by atoms with Crippen LogP contribution in [-0.2, 0) is 9.53 Å². The van der Waals surface area contributed by atoms with Crippen LogP contribution in [-0.4, -0.2) is 74.9 Å². The average Bonchev–Trinajstić information content (AvgIpc) is 3.14. The van der Waals surface area contributed by atoms with Crippen molar-refractivity contribution in [2.45, 2.75) is 47.6 Å². The van der Waals surface area contributed by atoms with E-state index in [1.54, 1.807) is 0 Å². The minimum atomic E-state index is -1.17. The number of carbonyl (C=O) groups is 1. The summed E-state index contributed by atoms with van der Waals surface area (Å²) < 4.78 is 7.33. The summed E-state index contributed by atoms with van der Waals surface area (Å²) in [6, 6.07) is -0.674. The van der Waals surface area contributed by atoms with Crippen molar-refractivity contribution < 1.29 is 19.7 Å². The minimum absolute atomic E-state index is 0.0274. The summed E-state index contributed by atoms with van der Waals surface area (Å²) in [5, 5.41) is 22.0. The summed E-state index contributed by atoms with van der Waals surface area (Å²) in [6.45, 7) is 0. The van der Waals surface area contributed by atoms with Crippen molar-refractivity contribution >= 4 is 43.8 Å². The number of hydrogen-bond acceptors (Lipinski definition) is 10. The molecule has 0 radical (unpaired) electrons. The van der Waals surface area contributed by atoms with Gasteiger partial charge in [0.25, 0.3) is 0 Å². The van der Waals surface area contributed by atoms with Crippen molar-refractivity contribution in [1.29, 1.82) is 0 Å². The van der Waals surface area contributed by atoms with E-state index in [0.717, 1.165) is 0 Å². The maximum absolute atomic E-state index is 10.9. The Kier molecular flexibility index (Phi) is 5.79. The van der Waals surface area contributed by atoms with Crippen LogP contribution in [0.5, 0.6) is 0 Å². The van der Waals surface area contributed by atoms with Gasteiger partial charge in [0.15, 0.2) is 0 Å². The second kappa shape index (κ2) is 7.92. The fourth-order valence-corrected chi connectivity index (χ4v) is 5.09. The number of fused-ring (bicyclic) bond motifs is 1. The van der Waals surface area contributed by atoms with Crippen LogP contribution in [0.1, 0.15) is 12.6 Å². The van der Waals surface area contributed by atoms with E-state index in [1.807, 2.05) is 0 Å². The summed E-state index contributed by atoms with van der Waals surface area (Å²) in [4.78, 5) is 23.0. The quantitative estimate of drug-likeness (QED) is 0.192. The van der Waals surface area contributed by atoms with Crippen LogP contribution < -0.4 is 22.9 Å². The van der Waals surface area contributed by atoms with Gasteiger partial charge < -0.3 is 0 Å². The van der Waals surface area contributed by atoms with Crippen LogP contribution >= 0.6 is 0 Å². The van der Waals surface area contributed by atoms with Crippen LogP contribution in [0.4, 0.5) is 11.8 Å². The van der Waals surface area contributed by atoms with Gasteiger partial charge >= 0.3 is 160 Å². The van der Waals surface area contributed by atoms with Crippen LogP contribution in [0.3, 0.4) is 0 Å². The number of hydrogen-bond donors (Lipinski definition) is 6. The number of anilines is 2. The number of aliphatic hydroxyl groups is 2. The third-order valence-corrected chi connectivity index (χ3v) is 6.58. The third kappa shape index (κ3) is 3.98. The standard InChI is InChI=1S/C14H22N8O4Se/c15-5(11(17)25)1-2-27-3-6-8(23)9(24)13(26-6)22-4-19-7-10(16)20-14(18)21-12(7)22/h4-6,8-9,13,23-24H,1-3,15H2,(H2,17,25)(H4,16,18,20,21)/t5?,6-,8-,9-,13-/m1/s1. The summed E-state index contributed by atoms with van der Waals surface area (Å²) in [5.41, 5.74) is 22.8. The van der Waals surface area contributed by atoms with Gasteiger partial charge in [-0.1, -0.05) is 0 Å². The topological polar surface area (TPSA) is 214 Å². The molecule has 148 valence electrons. The van der Waals surface area contributed by atoms with E-state index in [-0.39, 0.29) is 26.7 Å². The molecule has 13 heteroatoms. The van der Waals surface area contributed by atoms with E-state index in [0.29, 0.717) is 28.2 Å². The van der Waals surface area contributed by atoms with Crippen LogP contribution in [0, 0.1) is 0 Å². The van der Waals surface area contributed by atoms with Gasteiger partial charge in [0.1, 0.15) is 0 Å². The predicted octanol–water partition coefficient (Wildman–Crippen LogP) is -2.65. The predicted molar refractivity (Wildman–Crippen MR) is 97.2 cm³/mol. The van der Waals surface area contributed by atoms with Gasteiger partial charge in [-0.15, -0.1) is 0 Å². The Morgan fingerprint density at radius 3 is 2.78 bits per heavy atom. The number of primary amides is 1. The Hall–Kier alpha value is -2.02. The molecule has 0 aromatic carbocycles. The number of rotatable bonds is 7. The number of ether oxygens (including phenoxy) is 1. The van der Waals surface area contributed by atoms with Crippen LogP contribution in [0.15, 0.2) is 6.33 Å². The van der Waals surface area contributed by atoms with Crippen LogP contribution in [0.2, 0.25) is 10.6 Å². The molecule has 12 nitrogen and oxygen atoms in total. The van der Waals surface area contributed by atoms with E-state index in [1.165, 1.54) is 10.9 Å². The molecule has 0 aliphatic carbocycles. The molecule has 0 spiro atoms. The molecule has 0 saturated carbocycles. The molecule has 1 aliphatic rings. The molecular weight excluding hydrogens is 423 g/mol. The van der Waals surface area contributed by atoms with E-state index in [9.17, 15) is 15.0 Å². The van der Waals surface area contributed by atoms with Gasteiger partial charge in [-0.2, -0.15) is 0 Å².